The van der Waals surface area contributed by atoms with Gasteiger partial charge in [-0.2, -0.15) is 0 Å². The zero-order valence-corrected chi connectivity index (χ0v) is 28.7. The summed E-state index contributed by atoms with van der Waals surface area (Å²) in [5, 5.41) is 6.20. The zero-order chi connectivity index (χ0) is 34.3. The van der Waals surface area contributed by atoms with Gasteiger partial charge in [-0.25, -0.2) is 0 Å². The van der Waals surface area contributed by atoms with E-state index in [1.807, 2.05) is 0 Å². The molecule has 0 bridgehead atoms. The molecule has 52 heavy (non-hydrogen) atoms. The average molecular weight is 667 g/mol. The second-order valence-corrected chi connectivity index (χ2v) is 14.1. The van der Waals surface area contributed by atoms with E-state index in [0.717, 1.165) is 16.7 Å². The van der Waals surface area contributed by atoms with Gasteiger partial charge in [0.25, 0.3) is 0 Å². The third-order valence-electron chi connectivity index (χ3n) is 11.2. The van der Waals surface area contributed by atoms with Gasteiger partial charge in [0.15, 0.2) is 0 Å². The van der Waals surface area contributed by atoms with E-state index >= 15 is 0 Å². The predicted octanol–water partition coefficient (Wildman–Crippen LogP) is 13.0. The van der Waals surface area contributed by atoms with Crippen LogP contribution in [0.3, 0.4) is 0 Å². The van der Waals surface area contributed by atoms with Crippen molar-refractivity contribution < 1.29 is 4.42 Å². The standard InChI is InChI=1S/C49H34N2O/c1-31-29-39(32-15-4-2-5-16-32)47-38-21-10-13-26-45(38)52-49(47)48(31)51-41-23-11-8-19-36(41)40-30-33(27-28-43(40)51)35-22-14-25-44-46(35)37-20-9-12-24-42(37)50(44)34-17-6-3-7-18-34/h2-31,48H,1H3. The first-order valence-electron chi connectivity index (χ1n) is 18.1. The Morgan fingerprint density at radius 3 is 1.98 bits per heavy atom. The summed E-state index contributed by atoms with van der Waals surface area (Å²) in [5.41, 5.74) is 13.1. The van der Waals surface area contributed by atoms with Crippen LogP contribution in [0.5, 0.6) is 0 Å². The number of para-hydroxylation sites is 4. The van der Waals surface area contributed by atoms with Gasteiger partial charge in [-0.1, -0.05) is 134 Å². The molecule has 10 aromatic rings. The molecule has 7 aromatic carbocycles. The third-order valence-corrected chi connectivity index (χ3v) is 11.2. The number of benzene rings is 7. The van der Waals surface area contributed by atoms with Crippen molar-refractivity contribution >= 4 is 60.2 Å². The number of fused-ring (bicyclic) bond motifs is 9. The van der Waals surface area contributed by atoms with E-state index in [1.165, 1.54) is 77.1 Å². The minimum Gasteiger partial charge on any atom is -0.458 e. The van der Waals surface area contributed by atoms with Crippen LogP contribution in [0.4, 0.5) is 0 Å². The second kappa shape index (κ2) is 11.2. The zero-order valence-electron chi connectivity index (χ0n) is 28.7. The van der Waals surface area contributed by atoms with E-state index < -0.39 is 0 Å². The van der Waals surface area contributed by atoms with Gasteiger partial charge in [0, 0.05) is 55.1 Å². The number of hydrogen-bond donors (Lipinski definition) is 0. The normalized spacial score (nSPS) is 15.9. The fraction of sp³-hybridized carbons (Fsp3) is 0.0612. The van der Waals surface area contributed by atoms with Crippen LogP contribution in [0.2, 0.25) is 0 Å². The fourth-order valence-electron chi connectivity index (χ4n) is 9.02. The van der Waals surface area contributed by atoms with Crippen molar-refractivity contribution in [2.45, 2.75) is 13.0 Å². The van der Waals surface area contributed by atoms with Crippen LogP contribution in [0, 0.1) is 5.92 Å². The van der Waals surface area contributed by atoms with E-state index in [2.05, 4.69) is 192 Å². The number of nitrogens with zero attached hydrogens (tertiary/aromatic N) is 2. The summed E-state index contributed by atoms with van der Waals surface area (Å²) in [6.45, 7) is 2.34. The quantitative estimate of drug-likeness (QED) is 0.183. The molecule has 1 aliphatic rings. The van der Waals surface area contributed by atoms with Gasteiger partial charge >= 0.3 is 0 Å². The summed E-state index contributed by atoms with van der Waals surface area (Å²) in [4.78, 5) is 0. The summed E-state index contributed by atoms with van der Waals surface area (Å²) >= 11 is 0. The molecular weight excluding hydrogens is 633 g/mol. The molecule has 11 rings (SSSR count). The smallest absolute Gasteiger partial charge is 0.136 e. The molecule has 0 spiro atoms. The molecular formula is C49H34N2O. The summed E-state index contributed by atoms with van der Waals surface area (Å²) in [6, 6.07) is 61.4. The highest BCUT2D eigenvalue weighted by molar-refractivity contribution is 6.17. The van der Waals surface area contributed by atoms with Crippen molar-refractivity contribution in [2.75, 3.05) is 0 Å². The molecule has 0 saturated heterocycles. The maximum atomic E-state index is 6.90. The van der Waals surface area contributed by atoms with Gasteiger partial charge < -0.3 is 13.6 Å². The molecule has 0 radical (unpaired) electrons. The lowest BCUT2D eigenvalue weighted by Gasteiger charge is -2.30. The van der Waals surface area contributed by atoms with Crippen LogP contribution in [0.1, 0.15) is 29.9 Å². The monoisotopic (exact) mass is 666 g/mol. The van der Waals surface area contributed by atoms with Crippen LogP contribution < -0.4 is 0 Å². The van der Waals surface area contributed by atoms with E-state index in [0.29, 0.717) is 0 Å². The van der Waals surface area contributed by atoms with Crippen LogP contribution >= 0.6 is 0 Å². The Morgan fingerprint density at radius 2 is 1.15 bits per heavy atom. The van der Waals surface area contributed by atoms with Crippen LogP contribution in [-0.4, -0.2) is 9.13 Å². The average Bonchev–Trinajstić information content (AvgIpc) is 3.86. The Kier molecular flexibility index (Phi) is 6.29. The van der Waals surface area contributed by atoms with E-state index in [9.17, 15) is 0 Å². The first kappa shape index (κ1) is 29.2. The number of allylic oxidation sites excluding steroid dienone is 1. The maximum Gasteiger partial charge on any atom is 0.136 e. The predicted molar refractivity (Wildman–Crippen MR) is 216 cm³/mol. The third kappa shape index (κ3) is 4.14. The Hall–Kier alpha value is -6.58. The Labute approximate surface area is 301 Å². The van der Waals surface area contributed by atoms with Crippen molar-refractivity contribution in [1.29, 1.82) is 0 Å². The van der Waals surface area contributed by atoms with Crippen LogP contribution in [0.25, 0.3) is 77.0 Å². The molecule has 2 atom stereocenters. The Morgan fingerprint density at radius 1 is 0.500 bits per heavy atom. The summed E-state index contributed by atoms with van der Waals surface area (Å²) in [7, 11) is 0. The molecule has 0 N–H and O–H groups in total. The van der Waals surface area contributed by atoms with Gasteiger partial charge in [0.1, 0.15) is 11.3 Å². The highest BCUT2D eigenvalue weighted by Gasteiger charge is 2.36. The van der Waals surface area contributed by atoms with Crippen LogP contribution in [0.15, 0.2) is 180 Å². The van der Waals surface area contributed by atoms with E-state index in [1.54, 1.807) is 0 Å². The highest BCUT2D eigenvalue weighted by Crippen LogP contribution is 2.49. The van der Waals surface area contributed by atoms with Crippen molar-refractivity contribution in [1.82, 2.24) is 9.13 Å². The van der Waals surface area contributed by atoms with Crippen molar-refractivity contribution in [2.24, 2.45) is 5.92 Å². The van der Waals surface area contributed by atoms with Crippen molar-refractivity contribution in [3.05, 3.63) is 193 Å². The molecule has 0 amide bonds. The first-order chi connectivity index (χ1) is 25.7. The molecule has 246 valence electrons. The molecule has 3 nitrogen and oxygen atoms in total. The largest absolute Gasteiger partial charge is 0.458 e. The van der Waals surface area contributed by atoms with Gasteiger partial charge in [0.05, 0.1) is 17.1 Å². The Balaban J connectivity index is 1.15. The fourth-order valence-corrected chi connectivity index (χ4v) is 9.02. The molecule has 1 aliphatic carbocycles. The molecule has 0 saturated carbocycles. The van der Waals surface area contributed by atoms with Gasteiger partial charge in [-0.15, -0.1) is 0 Å². The van der Waals surface area contributed by atoms with E-state index in [4.69, 9.17) is 4.42 Å². The molecule has 0 fully saturated rings. The minimum absolute atomic E-state index is 0.0182. The molecule has 2 unspecified atom stereocenters. The molecule has 3 heterocycles. The topological polar surface area (TPSA) is 23.0 Å². The van der Waals surface area contributed by atoms with E-state index in [-0.39, 0.29) is 12.0 Å². The summed E-state index contributed by atoms with van der Waals surface area (Å²) < 4.78 is 11.8. The summed E-state index contributed by atoms with van der Waals surface area (Å²) in [6.07, 6.45) is 2.46. The number of rotatable bonds is 4. The minimum atomic E-state index is -0.0182. The first-order valence-corrected chi connectivity index (χ1v) is 18.1. The van der Waals surface area contributed by atoms with Gasteiger partial charge in [0.2, 0.25) is 0 Å². The van der Waals surface area contributed by atoms with Crippen molar-refractivity contribution in [3.63, 3.8) is 0 Å². The molecule has 3 aromatic heterocycles. The number of aromatic nitrogens is 2. The molecule has 0 aliphatic heterocycles. The number of furan rings is 1. The van der Waals surface area contributed by atoms with Crippen LogP contribution in [-0.2, 0) is 0 Å². The Bertz CT molecular complexity index is 3030. The maximum absolute atomic E-state index is 6.90. The lowest BCUT2D eigenvalue weighted by Crippen LogP contribution is -2.21. The van der Waals surface area contributed by atoms with Gasteiger partial charge in [-0.3, -0.25) is 0 Å². The lowest BCUT2D eigenvalue weighted by atomic mass is 9.82. The van der Waals surface area contributed by atoms with Gasteiger partial charge in [-0.05, 0) is 70.8 Å². The highest BCUT2D eigenvalue weighted by atomic mass is 16.3. The lowest BCUT2D eigenvalue weighted by molar-refractivity contribution is 0.399. The summed E-state index contributed by atoms with van der Waals surface area (Å²) in [5.74, 6) is 1.21. The second-order valence-electron chi connectivity index (χ2n) is 14.1. The molecule has 3 heteroatoms. The number of hydrogen-bond acceptors (Lipinski definition) is 1. The van der Waals surface area contributed by atoms with Crippen molar-refractivity contribution in [3.8, 4) is 16.8 Å². The SMILES string of the molecule is CC1C=C(c2ccccc2)c2c(oc3ccccc23)C1n1c2ccccc2c2cc(-c3cccc4c3c3ccccc3n4-c3ccccc3)ccc21.